The van der Waals surface area contributed by atoms with E-state index in [9.17, 15) is 5.11 Å². The molecule has 2 nitrogen and oxygen atoms in total. The fraction of sp³-hybridized carbons (Fsp3) is 0.429. The lowest BCUT2D eigenvalue weighted by Gasteiger charge is -2.38. The first-order chi connectivity index (χ1) is 7.78. The van der Waals surface area contributed by atoms with E-state index in [-0.39, 0.29) is 0 Å². The number of hydrogen-bond donors (Lipinski definition) is 1. The smallest absolute Gasteiger partial charge is 0.122 e. The van der Waals surface area contributed by atoms with Crippen LogP contribution in [0.4, 0.5) is 0 Å². The van der Waals surface area contributed by atoms with E-state index >= 15 is 0 Å². The van der Waals surface area contributed by atoms with E-state index < -0.39 is 5.72 Å². The molecule has 3 rings (SSSR count). The van der Waals surface area contributed by atoms with Gasteiger partial charge in [-0.3, -0.25) is 4.90 Å². The van der Waals surface area contributed by atoms with Crippen molar-refractivity contribution in [1.29, 1.82) is 0 Å². The molecule has 0 amide bonds. The molecule has 0 spiro atoms. The van der Waals surface area contributed by atoms with Crippen molar-refractivity contribution in [3.63, 3.8) is 0 Å². The molecule has 2 aliphatic heterocycles. The highest BCUT2D eigenvalue weighted by Crippen LogP contribution is 2.39. The molecule has 1 N–H and O–H groups in total. The molecular formula is C14H17NO. The van der Waals surface area contributed by atoms with Gasteiger partial charge in [0.25, 0.3) is 0 Å². The monoisotopic (exact) mass is 215 g/mol. The highest BCUT2D eigenvalue weighted by molar-refractivity contribution is 5.18. The number of nitrogens with zero attached hydrogens (tertiary/aromatic N) is 1. The SMILES string of the molecule is O[C@@]12CC=C[C@@H](CC1)N2Cc1ccccc1. The molecule has 2 atom stereocenters. The molecular weight excluding hydrogens is 198 g/mol. The Kier molecular flexibility index (Phi) is 2.34. The molecule has 1 aromatic carbocycles. The summed E-state index contributed by atoms with van der Waals surface area (Å²) >= 11 is 0. The average Bonchev–Trinajstić information content (AvgIpc) is 2.50. The van der Waals surface area contributed by atoms with E-state index in [0.717, 1.165) is 25.8 Å². The van der Waals surface area contributed by atoms with Crippen LogP contribution < -0.4 is 0 Å². The molecule has 2 heteroatoms. The molecule has 0 unspecified atom stereocenters. The lowest BCUT2D eigenvalue weighted by atomic mass is 10.0. The quantitative estimate of drug-likeness (QED) is 0.765. The first-order valence-electron chi connectivity index (χ1n) is 5.98. The molecule has 0 aliphatic carbocycles. The molecule has 0 aromatic heterocycles. The van der Waals surface area contributed by atoms with Crippen molar-refractivity contribution >= 4 is 0 Å². The van der Waals surface area contributed by atoms with Crippen LogP contribution in [0, 0.1) is 0 Å². The summed E-state index contributed by atoms with van der Waals surface area (Å²) in [4.78, 5) is 2.24. The molecule has 84 valence electrons. The molecule has 1 fully saturated rings. The van der Waals surface area contributed by atoms with Crippen LogP contribution in [0.5, 0.6) is 0 Å². The summed E-state index contributed by atoms with van der Waals surface area (Å²) in [5.74, 6) is 0. The van der Waals surface area contributed by atoms with E-state index in [1.807, 2.05) is 6.07 Å². The van der Waals surface area contributed by atoms with Gasteiger partial charge >= 0.3 is 0 Å². The fourth-order valence-corrected chi connectivity index (χ4v) is 2.86. The third-order valence-electron chi connectivity index (χ3n) is 3.77. The second-order valence-electron chi connectivity index (χ2n) is 4.83. The molecule has 16 heavy (non-hydrogen) atoms. The van der Waals surface area contributed by atoms with E-state index in [1.165, 1.54) is 5.56 Å². The van der Waals surface area contributed by atoms with E-state index in [1.54, 1.807) is 0 Å². The lowest BCUT2D eigenvalue weighted by Crippen LogP contribution is -2.47. The summed E-state index contributed by atoms with van der Waals surface area (Å²) < 4.78 is 0. The summed E-state index contributed by atoms with van der Waals surface area (Å²) in [5, 5.41) is 10.5. The summed E-state index contributed by atoms with van der Waals surface area (Å²) in [7, 11) is 0. The van der Waals surface area contributed by atoms with Crippen LogP contribution in [-0.2, 0) is 6.54 Å². The van der Waals surface area contributed by atoms with Crippen LogP contribution in [0.1, 0.15) is 24.8 Å². The van der Waals surface area contributed by atoms with Crippen LogP contribution in [0.3, 0.4) is 0 Å². The second-order valence-corrected chi connectivity index (χ2v) is 4.83. The van der Waals surface area contributed by atoms with Gasteiger partial charge in [0.2, 0.25) is 0 Å². The Morgan fingerprint density at radius 2 is 2.12 bits per heavy atom. The van der Waals surface area contributed by atoms with Gasteiger partial charge in [0, 0.05) is 19.0 Å². The second kappa shape index (κ2) is 3.72. The Morgan fingerprint density at radius 1 is 1.31 bits per heavy atom. The maximum Gasteiger partial charge on any atom is 0.122 e. The maximum atomic E-state index is 10.5. The Bertz CT molecular complexity index is 400. The average molecular weight is 215 g/mol. The van der Waals surface area contributed by atoms with Gasteiger partial charge in [0.05, 0.1) is 0 Å². The van der Waals surface area contributed by atoms with Crippen LogP contribution in [-0.4, -0.2) is 21.8 Å². The van der Waals surface area contributed by atoms with Gasteiger partial charge in [0.1, 0.15) is 5.72 Å². The third kappa shape index (κ3) is 1.58. The molecule has 1 saturated heterocycles. The van der Waals surface area contributed by atoms with E-state index in [4.69, 9.17) is 0 Å². The molecule has 0 saturated carbocycles. The Hall–Kier alpha value is -1.12. The van der Waals surface area contributed by atoms with Crippen LogP contribution >= 0.6 is 0 Å². The topological polar surface area (TPSA) is 23.5 Å². The number of hydrogen-bond acceptors (Lipinski definition) is 2. The Balaban J connectivity index is 1.83. The van der Waals surface area contributed by atoms with Gasteiger partial charge in [-0.15, -0.1) is 0 Å². The van der Waals surface area contributed by atoms with Crippen molar-refractivity contribution < 1.29 is 5.11 Å². The molecule has 2 aliphatic rings. The predicted molar refractivity (Wildman–Crippen MR) is 63.7 cm³/mol. The molecule has 2 heterocycles. The fourth-order valence-electron chi connectivity index (χ4n) is 2.86. The zero-order valence-corrected chi connectivity index (χ0v) is 9.34. The largest absolute Gasteiger partial charge is 0.375 e. The van der Waals surface area contributed by atoms with Gasteiger partial charge in [-0.1, -0.05) is 42.5 Å². The van der Waals surface area contributed by atoms with Crippen molar-refractivity contribution in [2.75, 3.05) is 0 Å². The Morgan fingerprint density at radius 3 is 2.88 bits per heavy atom. The van der Waals surface area contributed by atoms with Crippen LogP contribution in [0.15, 0.2) is 42.5 Å². The van der Waals surface area contributed by atoms with E-state index in [0.29, 0.717) is 6.04 Å². The summed E-state index contributed by atoms with van der Waals surface area (Å²) in [6.45, 7) is 0.854. The van der Waals surface area contributed by atoms with Crippen molar-refractivity contribution in [2.24, 2.45) is 0 Å². The summed E-state index contributed by atoms with van der Waals surface area (Å²) in [5.41, 5.74) is 0.693. The number of aliphatic hydroxyl groups is 1. The highest BCUT2D eigenvalue weighted by atomic mass is 16.3. The van der Waals surface area contributed by atoms with Crippen LogP contribution in [0.25, 0.3) is 0 Å². The number of benzene rings is 1. The Labute approximate surface area is 96.2 Å². The predicted octanol–water partition coefficient (Wildman–Crippen LogP) is 2.30. The minimum absolute atomic E-state index is 0.430. The molecule has 1 aromatic rings. The van der Waals surface area contributed by atoms with Gasteiger partial charge in [-0.25, -0.2) is 0 Å². The minimum Gasteiger partial charge on any atom is -0.375 e. The zero-order valence-electron chi connectivity index (χ0n) is 9.34. The number of rotatable bonds is 2. The minimum atomic E-state index is -0.588. The molecule has 0 radical (unpaired) electrons. The van der Waals surface area contributed by atoms with Crippen molar-refractivity contribution in [3.8, 4) is 0 Å². The van der Waals surface area contributed by atoms with Crippen molar-refractivity contribution in [3.05, 3.63) is 48.0 Å². The zero-order chi connectivity index (χ0) is 11.0. The van der Waals surface area contributed by atoms with Crippen LogP contribution in [0.2, 0.25) is 0 Å². The first kappa shape index (κ1) is 10.1. The summed E-state index contributed by atoms with van der Waals surface area (Å²) in [6, 6.07) is 10.8. The standard InChI is InChI=1S/C14H17NO/c16-14-9-4-7-13(8-10-14)15(14)11-12-5-2-1-3-6-12/h1-7,13,16H,8-11H2/t13-,14-/m0/s1. The summed E-state index contributed by atoms with van der Waals surface area (Å²) in [6.07, 6.45) is 7.12. The van der Waals surface area contributed by atoms with Gasteiger partial charge in [0.15, 0.2) is 0 Å². The van der Waals surface area contributed by atoms with E-state index in [2.05, 4.69) is 41.3 Å². The number of fused-ring (bicyclic) bond motifs is 2. The lowest BCUT2D eigenvalue weighted by molar-refractivity contribution is -0.0958. The van der Waals surface area contributed by atoms with Crippen molar-refractivity contribution in [1.82, 2.24) is 4.90 Å². The highest BCUT2D eigenvalue weighted by Gasteiger charge is 2.44. The normalized spacial score (nSPS) is 33.2. The molecule has 2 bridgehead atoms. The first-order valence-corrected chi connectivity index (χ1v) is 5.98. The van der Waals surface area contributed by atoms with Crippen molar-refractivity contribution in [2.45, 2.75) is 37.6 Å². The van der Waals surface area contributed by atoms with Gasteiger partial charge in [-0.2, -0.15) is 0 Å². The van der Waals surface area contributed by atoms with Gasteiger partial charge in [-0.05, 0) is 18.4 Å². The van der Waals surface area contributed by atoms with Gasteiger partial charge < -0.3 is 5.11 Å². The maximum absolute atomic E-state index is 10.5. The third-order valence-corrected chi connectivity index (χ3v) is 3.77.